The SMILES string of the molecule is CC1(C)c2cc(N(c3ccc(C4CCCCC4)cc3)c3ccc(C4CC5CCC4C5)cc3)c(-c3ccccc3)cc2-c2c(-c3ccccc3)cccc21. The molecule has 264 valence electrons. The highest BCUT2D eigenvalue weighted by atomic mass is 15.1. The molecule has 3 fully saturated rings. The molecule has 0 saturated heterocycles. The van der Waals surface area contributed by atoms with Gasteiger partial charge in [-0.05, 0) is 142 Å². The molecule has 3 atom stereocenters. The van der Waals surface area contributed by atoms with Gasteiger partial charge in [-0.25, -0.2) is 0 Å². The molecule has 6 aromatic rings. The number of hydrogen-bond donors (Lipinski definition) is 0. The summed E-state index contributed by atoms with van der Waals surface area (Å²) in [5, 5.41) is 0. The van der Waals surface area contributed by atoms with Crippen LogP contribution in [0.25, 0.3) is 33.4 Å². The molecular weight excluding hydrogens is 639 g/mol. The number of anilines is 3. The Kier molecular flexibility index (Phi) is 8.16. The minimum absolute atomic E-state index is 0.151. The van der Waals surface area contributed by atoms with Gasteiger partial charge in [0.05, 0.1) is 5.69 Å². The molecule has 2 bridgehead atoms. The fourth-order valence-corrected chi connectivity index (χ4v) is 11.0. The Labute approximate surface area is 316 Å². The summed E-state index contributed by atoms with van der Waals surface area (Å²) in [5.41, 5.74) is 17.2. The fourth-order valence-electron chi connectivity index (χ4n) is 11.0. The zero-order chi connectivity index (χ0) is 35.5. The van der Waals surface area contributed by atoms with E-state index >= 15 is 0 Å². The summed E-state index contributed by atoms with van der Waals surface area (Å²) in [4.78, 5) is 2.56. The van der Waals surface area contributed by atoms with E-state index < -0.39 is 0 Å². The molecule has 0 aromatic heterocycles. The van der Waals surface area contributed by atoms with E-state index in [9.17, 15) is 0 Å². The standard InChI is InChI=1S/C52H51N/c1-52(2)48-20-12-19-44(38-15-8-4-9-16-38)51(48)47-33-46(39-17-10-5-11-18-39)50(34-49(47)52)53(42-27-23-37(24-28-42)36-13-6-3-7-14-36)43-29-25-40(26-30-43)45-32-35-21-22-41(45)31-35/h4-5,8-12,15-20,23-30,33-36,41,45H,3,6-7,13-14,21-22,31-32H2,1-2H3. The summed E-state index contributed by atoms with van der Waals surface area (Å²) in [6.07, 6.45) is 12.4. The quantitative estimate of drug-likeness (QED) is 0.161. The Bertz CT molecular complexity index is 2240. The summed E-state index contributed by atoms with van der Waals surface area (Å²) in [6, 6.07) is 53.5. The third-order valence-corrected chi connectivity index (χ3v) is 13.8. The molecule has 3 unspecified atom stereocenters. The van der Waals surface area contributed by atoms with Crippen LogP contribution in [0.2, 0.25) is 0 Å². The highest BCUT2D eigenvalue weighted by Crippen LogP contribution is 2.57. The first kappa shape index (κ1) is 32.7. The van der Waals surface area contributed by atoms with E-state index in [1.807, 2.05) is 0 Å². The van der Waals surface area contributed by atoms with Gasteiger partial charge in [-0.1, -0.05) is 143 Å². The van der Waals surface area contributed by atoms with Gasteiger partial charge in [0.2, 0.25) is 0 Å². The molecule has 4 aliphatic carbocycles. The van der Waals surface area contributed by atoms with E-state index in [1.165, 1.54) is 130 Å². The molecule has 53 heavy (non-hydrogen) atoms. The maximum absolute atomic E-state index is 2.56. The normalized spacial score (nSPS) is 21.4. The molecule has 0 heterocycles. The Morgan fingerprint density at radius 1 is 0.509 bits per heavy atom. The number of benzene rings is 6. The Morgan fingerprint density at radius 3 is 1.77 bits per heavy atom. The molecular formula is C52H51N. The zero-order valence-electron chi connectivity index (χ0n) is 31.4. The topological polar surface area (TPSA) is 3.24 Å². The van der Waals surface area contributed by atoms with Gasteiger partial charge < -0.3 is 4.90 Å². The van der Waals surface area contributed by atoms with Gasteiger partial charge in [0.15, 0.2) is 0 Å². The van der Waals surface area contributed by atoms with Crippen molar-refractivity contribution < 1.29 is 0 Å². The van der Waals surface area contributed by atoms with Crippen LogP contribution in [0.3, 0.4) is 0 Å². The highest BCUT2D eigenvalue weighted by Gasteiger charge is 2.41. The first-order valence-electron chi connectivity index (χ1n) is 20.5. The van der Waals surface area contributed by atoms with Gasteiger partial charge in [0, 0.05) is 22.4 Å². The smallest absolute Gasteiger partial charge is 0.0543 e. The van der Waals surface area contributed by atoms with Gasteiger partial charge in [-0.15, -0.1) is 0 Å². The van der Waals surface area contributed by atoms with Crippen molar-refractivity contribution in [1.29, 1.82) is 0 Å². The largest absolute Gasteiger partial charge is 0.310 e. The van der Waals surface area contributed by atoms with Gasteiger partial charge in [-0.2, -0.15) is 0 Å². The lowest BCUT2D eigenvalue weighted by Crippen LogP contribution is -2.17. The number of hydrogen-bond acceptors (Lipinski definition) is 1. The first-order valence-corrected chi connectivity index (χ1v) is 20.5. The average molecular weight is 690 g/mol. The summed E-state index contributed by atoms with van der Waals surface area (Å²) >= 11 is 0. The van der Waals surface area contributed by atoms with E-state index in [4.69, 9.17) is 0 Å². The third-order valence-electron chi connectivity index (χ3n) is 13.8. The Hall–Kier alpha value is -4.88. The van der Waals surface area contributed by atoms with Crippen LogP contribution >= 0.6 is 0 Å². The van der Waals surface area contributed by atoms with Gasteiger partial charge >= 0.3 is 0 Å². The van der Waals surface area contributed by atoms with Crippen molar-refractivity contribution in [3.05, 3.63) is 162 Å². The minimum atomic E-state index is -0.151. The van der Waals surface area contributed by atoms with E-state index in [0.717, 1.165) is 17.8 Å². The zero-order valence-corrected chi connectivity index (χ0v) is 31.4. The Balaban J connectivity index is 1.16. The summed E-state index contributed by atoms with van der Waals surface area (Å²) in [5.74, 6) is 3.23. The van der Waals surface area contributed by atoms with Crippen LogP contribution in [-0.4, -0.2) is 0 Å². The van der Waals surface area contributed by atoms with Crippen molar-refractivity contribution in [3.63, 3.8) is 0 Å². The van der Waals surface area contributed by atoms with Gasteiger partial charge in [0.1, 0.15) is 0 Å². The second kappa shape index (κ2) is 13.2. The summed E-state index contributed by atoms with van der Waals surface area (Å²) in [6.45, 7) is 4.84. The second-order valence-corrected chi connectivity index (χ2v) is 17.1. The average Bonchev–Trinajstić information content (AvgIpc) is 3.92. The molecule has 4 aliphatic rings. The first-order chi connectivity index (χ1) is 26.0. The predicted octanol–water partition coefficient (Wildman–Crippen LogP) is 14.7. The molecule has 0 radical (unpaired) electrons. The molecule has 10 rings (SSSR count). The van der Waals surface area contributed by atoms with E-state index in [2.05, 4.69) is 158 Å². The number of nitrogens with zero attached hydrogens (tertiary/aromatic N) is 1. The molecule has 3 saturated carbocycles. The van der Waals surface area contributed by atoms with Crippen molar-refractivity contribution >= 4 is 17.1 Å². The lowest BCUT2D eigenvalue weighted by Gasteiger charge is -2.31. The highest BCUT2D eigenvalue weighted by molar-refractivity contribution is 5.98. The monoisotopic (exact) mass is 689 g/mol. The molecule has 0 amide bonds. The van der Waals surface area contributed by atoms with Crippen molar-refractivity contribution in [2.75, 3.05) is 4.90 Å². The van der Waals surface area contributed by atoms with Gasteiger partial charge in [-0.3, -0.25) is 0 Å². The molecule has 0 N–H and O–H groups in total. The lowest BCUT2D eigenvalue weighted by molar-refractivity contribution is 0.420. The predicted molar refractivity (Wildman–Crippen MR) is 224 cm³/mol. The second-order valence-electron chi connectivity index (χ2n) is 17.1. The maximum Gasteiger partial charge on any atom is 0.0543 e. The van der Waals surface area contributed by atoms with E-state index in [0.29, 0.717) is 5.92 Å². The summed E-state index contributed by atoms with van der Waals surface area (Å²) in [7, 11) is 0. The van der Waals surface area contributed by atoms with Crippen LogP contribution < -0.4 is 4.90 Å². The molecule has 1 nitrogen and oxygen atoms in total. The van der Waals surface area contributed by atoms with Crippen molar-refractivity contribution in [2.45, 2.75) is 88.9 Å². The van der Waals surface area contributed by atoms with Gasteiger partial charge in [0.25, 0.3) is 0 Å². The molecule has 1 heteroatoms. The van der Waals surface area contributed by atoms with Crippen molar-refractivity contribution in [3.8, 4) is 33.4 Å². The van der Waals surface area contributed by atoms with Crippen LogP contribution in [0.15, 0.2) is 140 Å². The van der Waals surface area contributed by atoms with E-state index in [1.54, 1.807) is 0 Å². The molecule has 0 spiro atoms. The summed E-state index contributed by atoms with van der Waals surface area (Å²) < 4.78 is 0. The van der Waals surface area contributed by atoms with Crippen LogP contribution in [0.5, 0.6) is 0 Å². The Morgan fingerprint density at radius 2 is 1.15 bits per heavy atom. The van der Waals surface area contributed by atoms with Crippen LogP contribution in [0.1, 0.15) is 106 Å². The van der Waals surface area contributed by atoms with Crippen molar-refractivity contribution in [1.82, 2.24) is 0 Å². The minimum Gasteiger partial charge on any atom is -0.310 e. The maximum atomic E-state index is 2.56. The van der Waals surface area contributed by atoms with Crippen LogP contribution in [0, 0.1) is 11.8 Å². The fraction of sp³-hybridized carbons (Fsp3) is 0.308. The molecule has 6 aromatic carbocycles. The molecule has 0 aliphatic heterocycles. The van der Waals surface area contributed by atoms with Crippen LogP contribution in [-0.2, 0) is 5.41 Å². The van der Waals surface area contributed by atoms with Crippen molar-refractivity contribution in [2.24, 2.45) is 11.8 Å². The third kappa shape index (κ3) is 5.67. The number of rotatable bonds is 7. The van der Waals surface area contributed by atoms with Crippen LogP contribution in [0.4, 0.5) is 17.1 Å². The van der Waals surface area contributed by atoms with E-state index in [-0.39, 0.29) is 5.41 Å². The number of fused-ring (bicyclic) bond motifs is 5. The lowest BCUT2D eigenvalue weighted by atomic mass is 9.81.